The van der Waals surface area contributed by atoms with Crippen LogP contribution >= 0.6 is 11.6 Å². The molecule has 3 N–H and O–H groups in total. The highest BCUT2D eigenvalue weighted by molar-refractivity contribution is 6.30. The summed E-state index contributed by atoms with van der Waals surface area (Å²) in [5.74, 6) is 0.246. The first-order chi connectivity index (χ1) is 19.0. The fourth-order valence-corrected chi connectivity index (χ4v) is 6.81. The molecule has 8 nitrogen and oxygen atoms in total. The average molecular weight is 574 g/mol. The second kappa shape index (κ2) is 13.2. The molecule has 0 radical (unpaired) electrons. The van der Waals surface area contributed by atoms with E-state index in [2.05, 4.69) is 20.9 Å². The van der Waals surface area contributed by atoms with Crippen LogP contribution in [0.2, 0.25) is 5.02 Å². The molecule has 0 spiro atoms. The van der Waals surface area contributed by atoms with Crippen molar-refractivity contribution in [2.45, 2.75) is 89.8 Å². The van der Waals surface area contributed by atoms with E-state index in [4.69, 9.17) is 11.6 Å². The summed E-state index contributed by atoms with van der Waals surface area (Å²) in [6, 6.07) is 6.38. The highest BCUT2D eigenvalue weighted by atomic mass is 35.5. The van der Waals surface area contributed by atoms with Gasteiger partial charge in [-0.2, -0.15) is 0 Å². The Labute approximate surface area is 244 Å². The van der Waals surface area contributed by atoms with Crippen LogP contribution in [0.5, 0.6) is 0 Å². The third-order valence-electron chi connectivity index (χ3n) is 8.96. The summed E-state index contributed by atoms with van der Waals surface area (Å²) >= 11 is 6.10. The van der Waals surface area contributed by atoms with Gasteiger partial charge in [0.15, 0.2) is 0 Å². The Morgan fingerprint density at radius 3 is 2.30 bits per heavy atom. The average Bonchev–Trinajstić information content (AvgIpc) is 2.93. The van der Waals surface area contributed by atoms with Crippen molar-refractivity contribution >= 4 is 29.3 Å². The molecule has 2 heterocycles. The Kier molecular flexibility index (Phi) is 10.2. The molecule has 3 fully saturated rings. The minimum absolute atomic E-state index is 0.0825. The molecular formula is C31H48ClN5O3. The molecule has 2 saturated heterocycles. The molecule has 3 amide bonds. The van der Waals surface area contributed by atoms with E-state index < -0.39 is 11.5 Å². The summed E-state index contributed by atoms with van der Waals surface area (Å²) in [7, 11) is 2.00. The maximum atomic E-state index is 14.0. The first-order valence-corrected chi connectivity index (χ1v) is 15.4. The van der Waals surface area contributed by atoms with Crippen LogP contribution in [0.25, 0.3) is 0 Å². The van der Waals surface area contributed by atoms with Gasteiger partial charge in [-0.15, -0.1) is 0 Å². The normalized spacial score (nSPS) is 23.3. The lowest BCUT2D eigenvalue weighted by Gasteiger charge is -2.48. The highest BCUT2D eigenvalue weighted by Gasteiger charge is 2.49. The molecule has 9 heteroatoms. The Balaban J connectivity index is 1.50. The zero-order chi connectivity index (χ0) is 28.9. The van der Waals surface area contributed by atoms with Gasteiger partial charge >= 0.3 is 0 Å². The van der Waals surface area contributed by atoms with Gasteiger partial charge in [-0.25, -0.2) is 0 Å². The fraction of sp³-hybridized carbons (Fsp3) is 0.710. The maximum Gasteiger partial charge on any atom is 0.245 e. The molecule has 2 aliphatic heterocycles. The molecule has 3 aliphatic rings. The van der Waals surface area contributed by atoms with Crippen LogP contribution in [-0.4, -0.2) is 84.9 Å². The van der Waals surface area contributed by atoms with E-state index in [-0.39, 0.29) is 29.3 Å². The SMILES string of the molecule is CN1CCN[C@@H](C(=O)N[C@H](Cc2ccc(Cl)cc2)C(=O)N2CCC(C(=O)NC(C)(C)C)(C3CCCCC3)CC2)C1. The van der Waals surface area contributed by atoms with Crippen molar-refractivity contribution < 1.29 is 14.4 Å². The van der Waals surface area contributed by atoms with E-state index in [9.17, 15) is 14.4 Å². The second-order valence-electron chi connectivity index (χ2n) is 13.2. The number of carbonyl (C=O) groups is 3. The number of piperazine rings is 1. The van der Waals surface area contributed by atoms with Crippen LogP contribution in [0.15, 0.2) is 24.3 Å². The van der Waals surface area contributed by atoms with Crippen LogP contribution in [0.4, 0.5) is 0 Å². The topological polar surface area (TPSA) is 93.8 Å². The van der Waals surface area contributed by atoms with E-state index >= 15 is 0 Å². The first-order valence-electron chi connectivity index (χ1n) is 15.0. The Morgan fingerprint density at radius 2 is 1.70 bits per heavy atom. The van der Waals surface area contributed by atoms with Gasteiger partial charge in [0.1, 0.15) is 6.04 Å². The summed E-state index contributed by atoms with van der Waals surface area (Å²) in [5.41, 5.74) is 0.187. The summed E-state index contributed by atoms with van der Waals surface area (Å²) in [6.07, 6.45) is 7.40. The molecule has 0 unspecified atom stereocenters. The van der Waals surface area contributed by atoms with Crippen molar-refractivity contribution in [2.24, 2.45) is 11.3 Å². The molecule has 40 heavy (non-hydrogen) atoms. The van der Waals surface area contributed by atoms with Crippen LogP contribution < -0.4 is 16.0 Å². The number of hydrogen-bond donors (Lipinski definition) is 3. The fourth-order valence-electron chi connectivity index (χ4n) is 6.69. The molecule has 2 atom stereocenters. The van der Waals surface area contributed by atoms with Gasteiger partial charge in [0.25, 0.3) is 0 Å². The van der Waals surface area contributed by atoms with Crippen molar-refractivity contribution in [1.82, 2.24) is 25.8 Å². The molecule has 1 aromatic carbocycles. The lowest BCUT2D eigenvalue weighted by Crippen LogP contribution is -2.61. The van der Waals surface area contributed by atoms with Gasteiger partial charge in [-0.3, -0.25) is 14.4 Å². The molecule has 1 aromatic rings. The van der Waals surface area contributed by atoms with Crippen LogP contribution in [0.1, 0.15) is 71.3 Å². The molecule has 0 bridgehead atoms. The van der Waals surface area contributed by atoms with Gasteiger partial charge in [-0.1, -0.05) is 43.0 Å². The van der Waals surface area contributed by atoms with E-state index in [1.807, 2.05) is 57.0 Å². The summed E-state index contributed by atoms with van der Waals surface area (Å²) < 4.78 is 0. The summed E-state index contributed by atoms with van der Waals surface area (Å²) in [6.45, 7) is 9.34. The molecular weight excluding hydrogens is 526 g/mol. The number of likely N-dealkylation sites (N-methyl/N-ethyl adjacent to an activating group) is 1. The highest BCUT2D eigenvalue weighted by Crippen LogP contribution is 2.46. The Bertz CT molecular complexity index is 1030. The second-order valence-corrected chi connectivity index (χ2v) is 13.6. The predicted molar refractivity (Wildman–Crippen MR) is 159 cm³/mol. The number of halogens is 1. The zero-order valence-corrected chi connectivity index (χ0v) is 25.5. The van der Waals surface area contributed by atoms with Crippen LogP contribution in [0.3, 0.4) is 0 Å². The van der Waals surface area contributed by atoms with E-state index in [0.29, 0.717) is 49.8 Å². The lowest BCUT2D eigenvalue weighted by atomic mass is 9.63. The molecule has 1 saturated carbocycles. The van der Waals surface area contributed by atoms with Crippen molar-refractivity contribution in [3.8, 4) is 0 Å². The Morgan fingerprint density at radius 1 is 1.05 bits per heavy atom. The third kappa shape index (κ3) is 7.77. The first kappa shape index (κ1) is 30.8. The maximum absolute atomic E-state index is 14.0. The number of rotatable bonds is 7. The number of likely N-dealkylation sites (tertiary alicyclic amines) is 1. The number of hydrogen-bond acceptors (Lipinski definition) is 5. The standard InChI is InChI=1S/C31H48ClN5O3/c1-30(2,3)35-29(40)31(23-8-6-5-7-9-23)14-17-37(18-15-31)28(39)25(20-22-10-12-24(32)13-11-22)34-27(38)26-21-36(4)19-16-33-26/h10-13,23,25-26,33H,5-9,14-21H2,1-4H3,(H,34,38)(H,35,40)/t25-,26-/m1/s1. The number of nitrogens with zero attached hydrogens (tertiary/aromatic N) is 2. The molecule has 1 aliphatic carbocycles. The minimum Gasteiger partial charge on any atom is -0.351 e. The summed E-state index contributed by atoms with van der Waals surface area (Å²) in [4.78, 5) is 45.0. The van der Waals surface area contributed by atoms with Crippen LogP contribution in [0, 0.1) is 11.3 Å². The van der Waals surface area contributed by atoms with Crippen molar-refractivity contribution in [2.75, 3.05) is 39.8 Å². The number of benzene rings is 1. The number of nitrogens with one attached hydrogen (secondary N) is 3. The predicted octanol–water partition coefficient (Wildman–Crippen LogP) is 3.37. The minimum atomic E-state index is -0.687. The molecule has 0 aromatic heterocycles. The van der Waals surface area contributed by atoms with Gasteiger partial charge in [-0.05, 0) is 77.1 Å². The number of carbonyl (C=O) groups excluding carboxylic acids is 3. The van der Waals surface area contributed by atoms with Gasteiger partial charge in [0.05, 0.1) is 11.5 Å². The third-order valence-corrected chi connectivity index (χ3v) is 9.21. The monoisotopic (exact) mass is 573 g/mol. The number of piperidine rings is 1. The smallest absolute Gasteiger partial charge is 0.245 e. The van der Waals surface area contributed by atoms with Gasteiger partial charge in [0.2, 0.25) is 17.7 Å². The van der Waals surface area contributed by atoms with E-state index in [1.54, 1.807) is 0 Å². The van der Waals surface area contributed by atoms with E-state index in [1.165, 1.54) is 6.42 Å². The lowest BCUT2D eigenvalue weighted by molar-refractivity contribution is -0.147. The zero-order valence-electron chi connectivity index (χ0n) is 24.7. The van der Waals surface area contributed by atoms with E-state index in [0.717, 1.165) is 44.3 Å². The summed E-state index contributed by atoms with van der Waals surface area (Å²) in [5, 5.41) is 10.3. The van der Waals surface area contributed by atoms with Crippen molar-refractivity contribution in [3.63, 3.8) is 0 Å². The molecule has 4 rings (SSSR count). The van der Waals surface area contributed by atoms with Gasteiger partial charge < -0.3 is 25.8 Å². The van der Waals surface area contributed by atoms with Crippen molar-refractivity contribution in [1.29, 1.82) is 0 Å². The molecule has 222 valence electrons. The quantitative estimate of drug-likeness (QED) is 0.465. The largest absolute Gasteiger partial charge is 0.351 e. The Hall–Kier alpha value is -2.16. The van der Waals surface area contributed by atoms with Crippen LogP contribution in [-0.2, 0) is 20.8 Å². The van der Waals surface area contributed by atoms with Crippen molar-refractivity contribution in [3.05, 3.63) is 34.9 Å². The van der Waals surface area contributed by atoms with Gasteiger partial charge in [0, 0.05) is 49.7 Å². The number of amides is 3.